The highest BCUT2D eigenvalue weighted by atomic mass is 35.5. The molecule has 0 unspecified atom stereocenters. The van der Waals surface area contributed by atoms with Gasteiger partial charge >= 0.3 is 0 Å². The zero-order chi connectivity index (χ0) is 12.5. The maximum Gasteiger partial charge on any atom is 0.111 e. The second-order valence-corrected chi connectivity index (χ2v) is 5.34. The third-order valence-electron chi connectivity index (χ3n) is 3.62. The summed E-state index contributed by atoms with van der Waals surface area (Å²) < 4.78 is 2.35. The van der Waals surface area contributed by atoms with Gasteiger partial charge in [-0.25, -0.2) is 4.98 Å². The van der Waals surface area contributed by atoms with Crippen molar-refractivity contribution in [2.24, 2.45) is 0 Å². The first-order valence-corrected chi connectivity index (χ1v) is 7.02. The summed E-state index contributed by atoms with van der Waals surface area (Å²) in [6.45, 7) is 6.70. The molecule has 0 radical (unpaired) electrons. The molecule has 0 amide bonds. The zero-order valence-corrected chi connectivity index (χ0v) is 11.5. The molecule has 0 fully saturated rings. The van der Waals surface area contributed by atoms with Crippen LogP contribution in [0, 0.1) is 0 Å². The molecule has 1 aliphatic heterocycles. The van der Waals surface area contributed by atoms with Crippen molar-refractivity contribution in [3.63, 3.8) is 0 Å². The molecule has 2 aromatic rings. The summed E-state index contributed by atoms with van der Waals surface area (Å²) in [6, 6.07) is 6.00. The van der Waals surface area contributed by atoms with Gasteiger partial charge in [0.25, 0.3) is 0 Å². The van der Waals surface area contributed by atoms with E-state index in [1.165, 1.54) is 24.3 Å². The molecule has 0 saturated heterocycles. The summed E-state index contributed by atoms with van der Waals surface area (Å²) in [5, 5.41) is 0.767. The van der Waals surface area contributed by atoms with Gasteiger partial charge in [-0.05, 0) is 31.2 Å². The van der Waals surface area contributed by atoms with Crippen molar-refractivity contribution in [2.45, 2.75) is 26.3 Å². The van der Waals surface area contributed by atoms with Crippen molar-refractivity contribution in [3.8, 4) is 0 Å². The van der Waals surface area contributed by atoms with Crippen LogP contribution in [-0.2, 0) is 13.0 Å². The molecule has 1 aromatic carbocycles. The van der Waals surface area contributed by atoms with Gasteiger partial charge in [0.15, 0.2) is 0 Å². The maximum atomic E-state index is 6.02. The van der Waals surface area contributed by atoms with Gasteiger partial charge < -0.3 is 9.47 Å². The largest absolute Gasteiger partial charge is 0.327 e. The number of halogens is 1. The van der Waals surface area contributed by atoms with Gasteiger partial charge in [0.1, 0.15) is 5.82 Å². The Morgan fingerprint density at radius 3 is 3.00 bits per heavy atom. The Balaban J connectivity index is 1.94. The molecule has 0 atom stereocenters. The van der Waals surface area contributed by atoms with Crippen LogP contribution in [0.5, 0.6) is 0 Å². The van der Waals surface area contributed by atoms with Gasteiger partial charge in [-0.1, -0.05) is 18.5 Å². The van der Waals surface area contributed by atoms with Crippen LogP contribution in [0.1, 0.15) is 19.2 Å². The number of hydrogen-bond acceptors (Lipinski definition) is 2. The predicted octanol–water partition coefficient (Wildman–Crippen LogP) is 2.96. The quantitative estimate of drug-likeness (QED) is 0.831. The van der Waals surface area contributed by atoms with E-state index in [4.69, 9.17) is 16.6 Å². The first-order chi connectivity index (χ1) is 8.78. The second-order valence-electron chi connectivity index (χ2n) is 4.90. The van der Waals surface area contributed by atoms with Crippen LogP contribution < -0.4 is 0 Å². The van der Waals surface area contributed by atoms with Crippen molar-refractivity contribution in [2.75, 3.05) is 19.6 Å². The van der Waals surface area contributed by atoms with Crippen molar-refractivity contribution in [1.82, 2.24) is 14.5 Å². The summed E-state index contributed by atoms with van der Waals surface area (Å²) in [5.74, 6) is 1.20. The molecule has 0 aliphatic carbocycles. The van der Waals surface area contributed by atoms with E-state index in [1.54, 1.807) is 0 Å². The number of aromatic nitrogens is 2. The van der Waals surface area contributed by atoms with E-state index in [0.29, 0.717) is 0 Å². The molecule has 96 valence electrons. The van der Waals surface area contributed by atoms with Gasteiger partial charge in [-0.3, -0.25) is 0 Å². The van der Waals surface area contributed by atoms with Gasteiger partial charge in [-0.15, -0.1) is 0 Å². The first-order valence-electron chi connectivity index (χ1n) is 6.65. The first kappa shape index (κ1) is 12.0. The molecule has 3 nitrogen and oxygen atoms in total. The van der Waals surface area contributed by atoms with E-state index in [0.717, 1.165) is 36.6 Å². The Labute approximate surface area is 112 Å². The van der Waals surface area contributed by atoms with E-state index >= 15 is 0 Å². The van der Waals surface area contributed by atoms with Gasteiger partial charge in [0, 0.05) is 31.1 Å². The molecular formula is C14H18ClN3. The highest BCUT2D eigenvalue weighted by Gasteiger charge is 2.16. The number of imidazole rings is 1. The van der Waals surface area contributed by atoms with Gasteiger partial charge in [0.2, 0.25) is 0 Å². The van der Waals surface area contributed by atoms with Gasteiger partial charge in [-0.2, -0.15) is 0 Å². The Bertz CT molecular complexity index is 561. The van der Waals surface area contributed by atoms with Crippen molar-refractivity contribution in [3.05, 3.63) is 29.0 Å². The van der Waals surface area contributed by atoms with Crippen LogP contribution in [0.3, 0.4) is 0 Å². The Kier molecular flexibility index (Phi) is 3.27. The van der Waals surface area contributed by atoms with E-state index in [1.807, 2.05) is 12.1 Å². The summed E-state index contributed by atoms with van der Waals surface area (Å²) >= 11 is 6.02. The third-order valence-corrected chi connectivity index (χ3v) is 3.86. The normalized spacial score (nSPS) is 16.8. The molecule has 0 N–H and O–H groups in total. The average molecular weight is 264 g/mol. The number of nitrogens with zero attached hydrogens (tertiary/aromatic N) is 3. The summed E-state index contributed by atoms with van der Waals surface area (Å²) in [7, 11) is 0. The van der Waals surface area contributed by atoms with Crippen LogP contribution in [-0.4, -0.2) is 34.1 Å². The van der Waals surface area contributed by atoms with Crippen molar-refractivity contribution < 1.29 is 0 Å². The number of rotatable bonds is 2. The molecule has 1 aliphatic rings. The Hall–Kier alpha value is -1.06. The lowest BCUT2D eigenvalue weighted by molar-refractivity contribution is 0.281. The standard InChI is InChI=1S/C14H18ClN3/c1-2-6-17-7-5-14-16-12-10-11(15)3-4-13(12)18(14)9-8-17/h3-4,10H,2,5-9H2,1H3. The number of fused-ring (bicyclic) bond motifs is 3. The van der Waals surface area contributed by atoms with Crippen LogP contribution in [0.25, 0.3) is 11.0 Å². The van der Waals surface area contributed by atoms with Crippen LogP contribution in [0.15, 0.2) is 18.2 Å². The molecule has 1 aromatic heterocycles. The minimum absolute atomic E-state index is 0.767. The van der Waals surface area contributed by atoms with Crippen molar-refractivity contribution in [1.29, 1.82) is 0 Å². The molecule has 18 heavy (non-hydrogen) atoms. The lowest BCUT2D eigenvalue weighted by Gasteiger charge is -2.18. The maximum absolute atomic E-state index is 6.02. The fraction of sp³-hybridized carbons (Fsp3) is 0.500. The molecule has 0 saturated carbocycles. The smallest absolute Gasteiger partial charge is 0.111 e. The van der Waals surface area contributed by atoms with E-state index in [-0.39, 0.29) is 0 Å². The monoisotopic (exact) mass is 263 g/mol. The molecular weight excluding hydrogens is 246 g/mol. The average Bonchev–Trinajstić information content (AvgIpc) is 2.57. The van der Waals surface area contributed by atoms with Crippen LogP contribution in [0.2, 0.25) is 5.02 Å². The zero-order valence-electron chi connectivity index (χ0n) is 10.7. The van der Waals surface area contributed by atoms with E-state index < -0.39 is 0 Å². The van der Waals surface area contributed by atoms with Crippen molar-refractivity contribution >= 4 is 22.6 Å². The van der Waals surface area contributed by atoms with E-state index in [9.17, 15) is 0 Å². The lowest BCUT2D eigenvalue weighted by Crippen LogP contribution is -2.27. The lowest BCUT2D eigenvalue weighted by atomic mass is 10.3. The number of hydrogen-bond donors (Lipinski definition) is 0. The third kappa shape index (κ3) is 2.13. The second kappa shape index (κ2) is 4.90. The van der Waals surface area contributed by atoms with Crippen LogP contribution >= 0.6 is 11.6 Å². The molecule has 0 spiro atoms. The minimum atomic E-state index is 0.767. The predicted molar refractivity (Wildman–Crippen MR) is 75.2 cm³/mol. The SMILES string of the molecule is CCCN1CCc2nc3cc(Cl)ccc3n2CC1. The molecule has 4 heteroatoms. The molecule has 2 heterocycles. The summed E-state index contributed by atoms with van der Waals surface area (Å²) in [5.41, 5.74) is 2.24. The highest BCUT2D eigenvalue weighted by Crippen LogP contribution is 2.22. The molecule has 3 rings (SSSR count). The highest BCUT2D eigenvalue weighted by molar-refractivity contribution is 6.31. The van der Waals surface area contributed by atoms with Gasteiger partial charge in [0.05, 0.1) is 11.0 Å². The fourth-order valence-electron chi connectivity index (χ4n) is 2.74. The van der Waals surface area contributed by atoms with Crippen LogP contribution in [0.4, 0.5) is 0 Å². The number of benzene rings is 1. The minimum Gasteiger partial charge on any atom is -0.327 e. The topological polar surface area (TPSA) is 21.1 Å². The summed E-state index contributed by atoms with van der Waals surface area (Å²) in [6.07, 6.45) is 2.25. The fourth-order valence-corrected chi connectivity index (χ4v) is 2.91. The van der Waals surface area contributed by atoms with E-state index in [2.05, 4.69) is 22.5 Å². The Morgan fingerprint density at radius 2 is 2.17 bits per heavy atom. The Morgan fingerprint density at radius 1 is 1.28 bits per heavy atom. The molecule has 0 bridgehead atoms. The summed E-state index contributed by atoms with van der Waals surface area (Å²) in [4.78, 5) is 7.24.